The molecule has 0 saturated heterocycles. The molecule has 0 amide bonds. The van der Waals surface area contributed by atoms with E-state index in [-0.39, 0.29) is 18.1 Å². The molecule has 0 heterocycles. The van der Waals surface area contributed by atoms with Gasteiger partial charge in [-0.1, -0.05) is 32.0 Å². The van der Waals surface area contributed by atoms with Gasteiger partial charge in [0.15, 0.2) is 0 Å². The highest BCUT2D eigenvalue weighted by Gasteiger charge is 2.18. The smallest absolute Gasteiger partial charge is 0.123 e. The third-order valence-electron chi connectivity index (χ3n) is 2.92. The fourth-order valence-electron chi connectivity index (χ4n) is 1.62. The van der Waals surface area contributed by atoms with Gasteiger partial charge >= 0.3 is 0 Å². The lowest BCUT2D eigenvalue weighted by Gasteiger charge is -2.25. The minimum absolute atomic E-state index is 0.101. The number of aliphatic hydroxyl groups is 1. The fraction of sp³-hybridized carbons (Fsp3) is 0.571. The van der Waals surface area contributed by atoms with E-state index in [0.717, 1.165) is 17.9 Å². The Balaban J connectivity index is 2.67. The molecule has 0 bridgehead atoms. The maximum Gasteiger partial charge on any atom is 0.123 e. The van der Waals surface area contributed by atoms with Crippen LogP contribution in [0, 0.1) is 5.41 Å². The Morgan fingerprint density at radius 1 is 1.35 bits per heavy atom. The third-order valence-corrected chi connectivity index (χ3v) is 2.92. The summed E-state index contributed by atoms with van der Waals surface area (Å²) < 4.78 is 5.34. The van der Waals surface area contributed by atoms with Crippen LogP contribution in [-0.2, 0) is 0 Å². The zero-order valence-corrected chi connectivity index (χ0v) is 11.2. The summed E-state index contributed by atoms with van der Waals surface area (Å²) >= 11 is 0. The topological polar surface area (TPSA) is 41.5 Å². The van der Waals surface area contributed by atoms with E-state index in [0.29, 0.717) is 0 Å². The van der Waals surface area contributed by atoms with Crippen LogP contribution in [0.1, 0.15) is 32.4 Å². The Bertz CT molecular complexity index is 350. The summed E-state index contributed by atoms with van der Waals surface area (Å²) in [6.07, 6.45) is 0. The van der Waals surface area contributed by atoms with Crippen molar-refractivity contribution >= 4 is 0 Å². The van der Waals surface area contributed by atoms with E-state index in [1.807, 2.05) is 32.0 Å². The third kappa shape index (κ3) is 4.02. The highest BCUT2D eigenvalue weighted by atomic mass is 16.5. The lowest BCUT2D eigenvalue weighted by atomic mass is 9.94. The molecule has 0 saturated carbocycles. The van der Waals surface area contributed by atoms with Gasteiger partial charge in [-0.2, -0.15) is 0 Å². The molecule has 0 radical (unpaired) electrons. The van der Waals surface area contributed by atoms with Crippen LogP contribution in [0.25, 0.3) is 0 Å². The summed E-state index contributed by atoms with van der Waals surface area (Å²) in [7, 11) is 1.68. The van der Waals surface area contributed by atoms with Crippen LogP contribution in [0.5, 0.6) is 5.75 Å². The highest BCUT2D eigenvalue weighted by molar-refractivity contribution is 5.35. The van der Waals surface area contributed by atoms with E-state index >= 15 is 0 Å². The van der Waals surface area contributed by atoms with Gasteiger partial charge in [-0.25, -0.2) is 0 Å². The molecular weight excluding hydrogens is 214 g/mol. The Morgan fingerprint density at radius 3 is 2.59 bits per heavy atom. The average molecular weight is 237 g/mol. The van der Waals surface area contributed by atoms with Gasteiger partial charge in [-0.05, 0) is 13.0 Å². The van der Waals surface area contributed by atoms with Gasteiger partial charge in [0.25, 0.3) is 0 Å². The first-order valence-corrected chi connectivity index (χ1v) is 5.97. The predicted octanol–water partition coefficient (Wildman–Crippen LogP) is 2.36. The molecule has 1 unspecified atom stereocenters. The molecule has 3 nitrogen and oxygen atoms in total. The van der Waals surface area contributed by atoms with E-state index in [1.165, 1.54) is 0 Å². The molecular formula is C14H23NO2. The molecule has 96 valence electrons. The second-order valence-corrected chi connectivity index (χ2v) is 5.17. The van der Waals surface area contributed by atoms with Crippen molar-refractivity contribution in [1.29, 1.82) is 0 Å². The number of nitrogens with one attached hydrogen (secondary N) is 1. The van der Waals surface area contributed by atoms with Gasteiger partial charge in [0.1, 0.15) is 5.75 Å². The largest absolute Gasteiger partial charge is 0.496 e. The SMILES string of the molecule is COc1ccccc1C(C)NCC(C)(C)CO. The van der Waals surface area contributed by atoms with Gasteiger partial charge < -0.3 is 15.2 Å². The molecule has 3 heteroatoms. The Kier molecular flexibility index (Phi) is 4.97. The van der Waals surface area contributed by atoms with Crippen LogP contribution >= 0.6 is 0 Å². The first kappa shape index (κ1) is 14.0. The van der Waals surface area contributed by atoms with E-state index in [1.54, 1.807) is 7.11 Å². The summed E-state index contributed by atoms with van der Waals surface area (Å²) in [5.74, 6) is 0.898. The number of hydrogen-bond donors (Lipinski definition) is 2. The summed E-state index contributed by atoms with van der Waals surface area (Å²) in [6, 6.07) is 8.20. The van der Waals surface area contributed by atoms with Gasteiger partial charge in [0.05, 0.1) is 7.11 Å². The second-order valence-electron chi connectivity index (χ2n) is 5.17. The number of hydrogen-bond acceptors (Lipinski definition) is 3. The van der Waals surface area contributed by atoms with Gasteiger partial charge in [0, 0.05) is 30.2 Å². The number of methoxy groups -OCH3 is 1. The fourth-order valence-corrected chi connectivity index (χ4v) is 1.62. The Labute approximate surface area is 104 Å². The average Bonchev–Trinajstić information content (AvgIpc) is 2.36. The van der Waals surface area contributed by atoms with Crippen molar-refractivity contribution in [2.75, 3.05) is 20.3 Å². The minimum Gasteiger partial charge on any atom is -0.496 e. The number of benzene rings is 1. The van der Waals surface area contributed by atoms with Crippen LogP contribution in [-0.4, -0.2) is 25.4 Å². The Morgan fingerprint density at radius 2 is 2.00 bits per heavy atom. The number of para-hydroxylation sites is 1. The minimum atomic E-state index is -0.101. The molecule has 17 heavy (non-hydrogen) atoms. The van der Waals surface area contributed by atoms with Crippen molar-refractivity contribution in [3.8, 4) is 5.75 Å². The first-order valence-electron chi connectivity index (χ1n) is 5.97. The van der Waals surface area contributed by atoms with E-state index in [9.17, 15) is 5.11 Å². The number of ether oxygens (including phenoxy) is 1. The molecule has 0 spiro atoms. The predicted molar refractivity (Wildman–Crippen MR) is 70.3 cm³/mol. The van der Waals surface area contributed by atoms with Crippen molar-refractivity contribution in [3.63, 3.8) is 0 Å². The van der Waals surface area contributed by atoms with Crippen molar-refractivity contribution in [3.05, 3.63) is 29.8 Å². The maximum absolute atomic E-state index is 9.21. The van der Waals surface area contributed by atoms with Crippen molar-refractivity contribution in [2.24, 2.45) is 5.41 Å². The molecule has 1 aromatic carbocycles. The molecule has 0 fully saturated rings. The summed E-state index contributed by atoms with van der Waals surface area (Å²) in [5.41, 5.74) is 1.04. The number of rotatable bonds is 6. The summed E-state index contributed by atoms with van der Waals surface area (Å²) in [5, 5.41) is 12.6. The van der Waals surface area contributed by atoms with Crippen LogP contribution in [0.3, 0.4) is 0 Å². The molecule has 0 aliphatic carbocycles. The van der Waals surface area contributed by atoms with Crippen molar-refractivity contribution < 1.29 is 9.84 Å². The Hall–Kier alpha value is -1.06. The first-order chi connectivity index (χ1) is 8.00. The zero-order chi connectivity index (χ0) is 12.9. The van der Waals surface area contributed by atoms with Crippen molar-refractivity contribution in [1.82, 2.24) is 5.32 Å². The van der Waals surface area contributed by atoms with Crippen LogP contribution < -0.4 is 10.1 Å². The quantitative estimate of drug-likeness (QED) is 0.798. The molecule has 0 aliphatic heterocycles. The number of aliphatic hydroxyl groups excluding tert-OH is 1. The van der Waals surface area contributed by atoms with Gasteiger partial charge in [0.2, 0.25) is 0 Å². The molecule has 0 aromatic heterocycles. The lowest BCUT2D eigenvalue weighted by Crippen LogP contribution is -2.33. The summed E-state index contributed by atoms with van der Waals surface area (Å²) in [4.78, 5) is 0. The molecule has 1 rings (SSSR count). The van der Waals surface area contributed by atoms with Crippen LogP contribution in [0.2, 0.25) is 0 Å². The molecule has 1 aromatic rings. The summed E-state index contributed by atoms with van der Waals surface area (Å²) in [6.45, 7) is 7.12. The standard InChI is InChI=1S/C14H23NO2/c1-11(15-9-14(2,3)10-16)12-7-5-6-8-13(12)17-4/h5-8,11,15-16H,9-10H2,1-4H3. The van der Waals surface area contributed by atoms with Crippen molar-refractivity contribution in [2.45, 2.75) is 26.8 Å². The van der Waals surface area contributed by atoms with E-state index in [4.69, 9.17) is 4.74 Å². The van der Waals surface area contributed by atoms with Crippen LogP contribution in [0.4, 0.5) is 0 Å². The monoisotopic (exact) mass is 237 g/mol. The molecule has 1 atom stereocenters. The van der Waals surface area contributed by atoms with Gasteiger partial charge in [-0.15, -0.1) is 0 Å². The highest BCUT2D eigenvalue weighted by Crippen LogP contribution is 2.25. The zero-order valence-electron chi connectivity index (χ0n) is 11.2. The second kappa shape index (κ2) is 6.03. The molecule has 2 N–H and O–H groups in total. The van der Waals surface area contributed by atoms with Crippen LogP contribution in [0.15, 0.2) is 24.3 Å². The maximum atomic E-state index is 9.21. The van der Waals surface area contributed by atoms with Gasteiger partial charge in [-0.3, -0.25) is 0 Å². The normalized spacial score (nSPS) is 13.5. The lowest BCUT2D eigenvalue weighted by molar-refractivity contribution is 0.153. The molecule has 0 aliphatic rings. The van der Waals surface area contributed by atoms with E-state index in [2.05, 4.69) is 18.3 Å². The van der Waals surface area contributed by atoms with E-state index < -0.39 is 0 Å².